The summed E-state index contributed by atoms with van der Waals surface area (Å²) in [5.74, 6) is -0.780. The Kier molecular flexibility index (Phi) is 10.5. The first kappa shape index (κ1) is 31.3. The predicted octanol–water partition coefficient (Wildman–Crippen LogP) is 4.65. The maximum absolute atomic E-state index is 12.0. The summed E-state index contributed by atoms with van der Waals surface area (Å²) in [4.78, 5) is 16.2. The van der Waals surface area contributed by atoms with Crippen molar-refractivity contribution in [3.05, 3.63) is 66.2 Å². The minimum atomic E-state index is -4.49. The third-order valence-electron chi connectivity index (χ3n) is 6.67. The van der Waals surface area contributed by atoms with Crippen LogP contribution in [-0.4, -0.2) is 67.3 Å². The number of ether oxygens (including phenoxy) is 1. The zero-order valence-electron chi connectivity index (χ0n) is 22.6. The third kappa shape index (κ3) is 8.40. The number of hydrogen-bond donors (Lipinski definition) is 2. The molecule has 0 aliphatic carbocycles. The van der Waals surface area contributed by atoms with E-state index >= 15 is 0 Å². The van der Waals surface area contributed by atoms with E-state index in [1.807, 2.05) is 54.0 Å². The summed E-state index contributed by atoms with van der Waals surface area (Å²) in [5, 5.41) is 0. The van der Waals surface area contributed by atoms with Gasteiger partial charge in [-0.25, -0.2) is 0 Å². The number of aliphatic imine (C=N–C) groups is 1. The van der Waals surface area contributed by atoms with Gasteiger partial charge in [-0.15, -0.1) is 0 Å². The highest BCUT2D eigenvalue weighted by atomic mass is 32.2. The number of rotatable bonds is 14. The highest BCUT2D eigenvalue weighted by molar-refractivity contribution is 7.86. The summed E-state index contributed by atoms with van der Waals surface area (Å²) < 4.78 is 72.7. The number of para-hydroxylation sites is 1. The van der Waals surface area contributed by atoms with Gasteiger partial charge in [0, 0.05) is 43.2 Å². The van der Waals surface area contributed by atoms with Gasteiger partial charge < -0.3 is 4.74 Å². The molecule has 216 valence electrons. The van der Waals surface area contributed by atoms with Crippen LogP contribution in [-0.2, 0) is 35.2 Å². The second-order valence-electron chi connectivity index (χ2n) is 9.61. The van der Waals surface area contributed by atoms with Crippen molar-refractivity contribution in [3.8, 4) is 0 Å². The van der Waals surface area contributed by atoms with Crippen molar-refractivity contribution in [1.29, 1.82) is 0 Å². The molecule has 0 aromatic heterocycles. The normalized spacial score (nSPS) is 17.6. The van der Waals surface area contributed by atoms with E-state index in [4.69, 9.17) is 4.74 Å². The molecule has 40 heavy (non-hydrogen) atoms. The van der Waals surface area contributed by atoms with Gasteiger partial charge in [0.25, 0.3) is 20.2 Å². The zero-order valence-corrected chi connectivity index (χ0v) is 24.2. The first-order valence-electron chi connectivity index (χ1n) is 13.0. The summed E-state index contributed by atoms with van der Waals surface area (Å²) in [7, 11) is -8.67. The van der Waals surface area contributed by atoms with Gasteiger partial charge in [0.15, 0.2) is 5.71 Å². The van der Waals surface area contributed by atoms with Crippen LogP contribution in [0.1, 0.15) is 51.5 Å². The summed E-state index contributed by atoms with van der Waals surface area (Å²) in [6.07, 6.45) is 7.20. The molecule has 1 aliphatic heterocycles. The first-order chi connectivity index (χ1) is 18.8. The smallest absolute Gasteiger partial charge is 0.305 e. The third-order valence-corrected chi connectivity index (χ3v) is 8.32. The number of hydrogen-bond acceptors (Lipinski definition) is 7. The van der Waals surface area contributed by atoms with Crippen molar-refractivity contribution in [2.24, 2.45) is 4.99 Å². The number of allylic oxidation sites excluding steroid dienone is 2. The predicted molar refractivity (Wildman–Crippen MR) is 153 cm³/mol. The summed E-state index contributed by atoms with van der Waals surface area (Å²) in [6.45, 7) is 4.14. The molecule has 0 bridgehead atoms. The topological polar surface area (TPSA) is 150 Å². The molecular formula is C28H35N2O8S2+. The molecular weight excluding hydrogens is 556 g/mol. The van der Waals surface area contributed by atoms with Crippen LogP contribution in [0.15, 0.2) is 70.6 Å². The van der Waals surface area contributed by atoms with Crippen LogP contribution in [0, 0.1) is 0 Å². The average molecular weight is 592 g/mol. The van der Waals surface area contributed by atoms with Crippen LogP contribution >= 0.6 is 0 Å². The summed E-state index contributed by atoms with van der Waals surface area (Å²) in [5.41, 5.74) is 2.07. The molecule has 0 spiro atoms. The quantitative estimate of drug-likeness (QED) is 0.139. The van der Waals surface area contributed by atoms with Gasteiger partial charge in [0.2, 0.25) is 5.69 Å². The molecule has 0 radical (unpaired) electrons. The zero-order chi connectivity index (χ0) is 29.4. The Bertz CT molecular complexity index is 1510. The van der Waals surface area contributed by atoms with Gasteiger partial charge in [-0.3, -0.25) is 18.9 Å². The lowest BCUT2D eigenvalue weighted by molar-refractivity contribution is -0.437. The molecule has 3 rings (SSSR count). The van der Waals surface area contributed by atoms with Crippen molar-refractivity contribution in [2.45, 2.75) is 56.3 Å². The molecule has 2 aromatic carbocycles. The number of esters is 1. The second kappa shape index (κ2) is 13.4. The SMILES string of the molecule is CCOC(=O)CCCC1(C)C(C=CCC=Nc2ccccc2)=[N+](CCCS(=O)(=O)O)c2ccc(S(=O)(=O)O)cc21. The molecule has 0 fully saturated rings. The molecule has 2 aromatic rings. The molecule has 10 nitrogen and oxygen atoms in total. The van der Waals surface area contributed by atoms with Crippen molar-refractivity contribution >= 4 is 49.5 Å². The van der Waals surface area contributed by atoms with E-state index in [0.29, 0.717) is 30.5 Å². The fourth-order valence-electron chi connectivity index (χ4n) is 4.83. The van der Waals surface area contributed by atoms with Crippen molar-refractivity contribution in [1.82, 2.24) is 0 Å². The van der Waals surface area contributed by atoms with E-state index in [9.17, 15) is 30.7 Å². The van der Waals surface area contributed by atoms with Gasteiger partial charge in [0.05, 0.1) is 28.4 Å². The minimum Gasteiger partial charge on any atom is -0.466 e. The van der Waals surface area contributed by atoms with Gasteiger partial charge in [-0.05, 0) is 51.0 Å². The van der Waals surface area contributed by atoms with E-state index in [0.717, 1.165) is 11.4 Å². The summed E-state index contributed by atoms with van der Waals surface area (Å²) in [6, 6.07) is 13.7. The molecule has 0 amide bonds. The van der Waals surface area contributed by atoms with Gasteiger partial charge in [0.1, 0.15) is 6.54 Å². The highest BCUT2D eigenvalue weighted by Crippen LogP contribution is 2.44. The largest absolute Gasteiger partial charge is 0.466 e. The minimum absolute atomic E-state index is 0.115. The fourth-order valence-corrected chi connectivity index (χ4v) is 5.83. The van der Waals surface area contributed by atoms with Crippen LogP contribution in [0.3, 0.4) is 0 Å². The van der Waals surface area contributed by atoms with Crippen molar-refractivity contribution < 1.29 is 40.0 Å². The van der Waals surface area contributed by atoms with Gasteiger partial charge in [-0.1, -0.05) is 24.3 Å². The Morgan fingerprint density at radius 2 is 1.80 bits per heavy atom. The Morgan fingerprint density at radius 3 is 2.45 bits per heavy atom. The number of carbonyl (C=O) groups excluding carboxylic acids is 1. The Morgan fingerprint density at radius 1 is 1.07 bits per heavy atom. The van der Waals surface area contributed by atoms with Crippen molar-refractivity contribution in [3.63, 3.8) is 0 Å². The average Bonchev–Trinajstić information content (AvgIpc) is 3.10. The Labute approximate surface area is 235 Å². The molecule has 0 saturated carbocycles. The number of fused-ring (bicyclic) bond motifs is 1. The van der Waals surface area contributed by atoms with E-state index in [-0.39, 0.29) is 36.9 Å². The van der Waals surface area contributed by atoms with Gasteiger partial charge in [-0.2, -0.15) is 21.4 Å². The van der Waals surface area contributed by atoms with Crippen LogP contribution in [0.5, 0.6) is 0 Å². The fraction of sp³-hybridized carbons (Fsp3) is 0.393. The Balaban J connectivity index is 2.02. The van der Waals surface area contributed by atoms with E-state index < -0.39 is 31.4 Å². The molecule has 1 aliphatic rings. The Hall–Kier alpha value is -3.19. The maximum atomic E-state index is 12.0. The van der Waals surface area contributed by atoms with Crippen molar-refractivity contribution in [2.75, 3.05) is 18.9 Å². The van der Waals surface area contributed by atoms with Crippen LogP contribution in [0.25, 0.3) is 0 Å². The second-order valence-corrected chi connectivity index (χ2v) is 12.6. The molecule has 1 heterocycles. The standard InChI is InChI=1S/C28H34N2O8S2/c1-3-38-27(31)14-9-17-28(2)24-21-23(40(35,36)37)15-16-25(24)30(19-10-20-39(32,33)34)26(28)13-7-8-18-29-22-11-5-4-6-12-22/h4-7,11-13,15-16,18,21H,3,8-10,14,17,19-20H2,1-2H3,(H-,32,33,34,35,36,37)/p+1. The summed E-state index contributed by atoms with van der Waals surface area (Å²) >= 11 is 0. The van der Waals surface area contributed by atoms with E-state index in [2.05, 4.69) is 4.99 Å². The van der Waals surface area contributed by atoms with E-state index in [1.54, 1.807) is 19.2 Å². The molecule has 1 atom stereocenters. The molecule has 1 unspecified atom stereocenters. The maximum Gasteiger partial charge on any atom is 0.305 e. The van der Waals surface area contributed by atoms with Crippen LogP contribution in [0.2, 0.25) is 0 Å². The monoisotopic (exact) mass is 591 g/mol. The molecule has 2 N–H and O–H groups in total. The van der Waals surface area contributed by atoms with Gasteiger partial charge >= 0.3 is 5.97 Å². The first-order valence-corrected chi connectivity index (χ1v) is 16.0. The highest BCUT2D eigenvalue weighted by Gasteiger charge is 2.47. The number of carbonyl (C=O) groups is 1. The lowest BCUT2D eigenvalue weighted by Gasteiger charge is -2.22. The van der Waals surface area contributed by atoms with E-state index in [1.165, 1.54) is 12.1 Å². The molecule has 12 heteroatoms. The lowest BCUT2D eigenvalue weighted by atomic mass is 9.75. The lowest BCUT2D eigenvalue weighted by Crippen LogP contribution is -2.32. The number of benzene rings is 2. The van der Waals surface area contributed by atoms with Crippen LogP contribution in [0.4, 0.5) is 11.4 Å². The van der Waals surface area contributed by atoms with Crippen LogP contribution < -0.4 is 0 Å². The number of nitrogens with zero attached hydrogens (tertiary/aromatic N) is 2. The molecule has 0 saturated heterocycles.